The molecule has 0 amide bonds. The average molecular weight is 248 g/mol. The topological polar surface area (TPSA) is 33.3 Å². The smallest absolute Gasteiger partial charge is 0.121 e. The van der Waals surface area contributed by atoms with Crippen LogP contribution >= 0.6 is 0 Å². The molecule has 2 N–H and O–H groups in total. The number of benzene rings is 1. The molecule has 0 spiro atoms. The van der Waals surface area contributed by atoms with Crippen molar-refractivity contribution < 1.29 is 4.74 Å². The third-order valence-electron chi connectivity index (χ3n) is 4.07. The summed E-state index contributed by atoms with van der Waals surface area (Å²) in [6.45, 7) is 3.18. The molecule has 3 heteroatoms. The first-order valence-electron chi connectivity index (χ1n) is 6.63. The van der Waals surface area contributed by atoms with Gasteiger partial charge in [0.1, 0.15) is 5.75 Å². The van der Waals surface area contributed by atoms with Gasteiger partial charge >= 0.3 is 0 Å². The number of nitrogens with one attached hydrogen (secondary N) is 2. The Balaban J connectivity index is 2.25. The minimum Gasteiger partial charge on any atom is -0.496 e. The Morgan fingerprint density at radius 2 is 2.06 bits per heavy atom. The SMILES string of the molecule is CNCC1(C(NC)c2ccc(OC)c(C)c2)CC1. The summed E-state index contributed by atoms with van der Waals surface area (Å²) in [6.07, 6.45) is 2.59. The fourth-order valence-electron chi connectivity index (χ4n) is 2.99. The maximum absolute atomic E-state index is 5.33. The zero-order valence-corrected chi connectivity index (χ0v) is 11.8. The van der Waals surface area contributed by atoms with E-state index in [0.29, 0.717) is 11.5 Å². The van der Waals surface area contributed by atoms with Gasteiger partial charge in [-0.05, 0) is 51.1 Å². The number of hydrogen-bond acceptors (Lipinski definition) is 3. The van der Waals surface area contributed by atoms with Crippen LogP contribution < -0.4 is 15.4 Å². The molecule has 18 heavy (non-hydrogen) atoms. The summed E-state index contributed by atoms with van der Waals surface area (Å²) >= 11 is 0. The number of ether oxygens (including phenoxy) is 1. The van der Waals surface area contributed by atoms with Gasteiger partial charge in [0.05, 0.1) is 7.11 Å². The van der Waals surface area contributed by atoms with Crippen molar-refractivity contribution >= 4 is 0 Å². The molecule has 0 bridgehead atoms. The predicted molar refractivity (Wildman–Crippen MR) is 75.1 cm³/mol. The van der Waals surface area contributed by atoms with Crippen LogP contribution in [0.15, 0.2) is 18.2 Å². The van der Waals surface area contributed by atoms with Crippen LogP contribution in [0, 0.1) is 12.3 Å². The van der Waals surface area contributed by atoms with Crippen LogP contribution in [0.25, 0.3) is 0 Å². The highest BCUT2D eigenvalue weighted by Crippen LogP contribution is 2.54. The van der Waals surface area contributed by atoms with Gasteiger partial charge in [-0.1, -0.05) is 12.1 Å². The van der Waals surface area contributed by atoms with Crippen LogP contribution in [0.5, 0.6) is 5.75 Å². The second kappa shape index (κ2) is 5.29. The molecule has 0 aliphatic heterocycles. The molecule has 1 fully saturated rings. The summed E-state index contributed by atoms with van der Waals surface area (Å²) in [5, 5.41) is 6.82. The lowest BCUT2D eigenvalue weighted by Crippen LogP contribution is -2.33. The summed E-state index contributed by atoms with van der Waals surface area (Å²) in [7, 11) is 5.81. The van der Waals surface area contributed by atoms with E-state index < -0.39 is 0 Å². The lowest BCUT2D eigenvalue weighted by Gasteiger charge is -2.27. The summed E-state index contributed by atoms with van der Waals surface area (Å²) in [6, 6.07) is 6.93. The van der Waals surface area contributed by atoms with E-state index in [-0.39, 0.29) is 0 Å². The Hall–Kier alpha value is -1.06. The fraction of sp³-hybridized carbons (Fsp3) is 0.600. The van der Waals surface area contributed by atoms with E-state index in [1.165, 1.54) is 24.0 Å². The van der Waals surface area contributed by atoms with E-state index in [1.807, 2.05) is 7.05 Å². The first kappa shape index (κ1) is 13.4. The summed E-state index contributed by atoms with van der Waals surface area (Å²) in [4.78, 5) is 0. The highest BCUT2D eigenvalue weighted by molar-refractivity contribution is 5.38. The minimum absolute atomic E-state index is 0.393. The van der Waals surface area contributed by atoms with Gasteiger partial charge < -0.3 is 15.4 Å². The molecule has 1 saturated carbocycles. The minimum atomic E-state index is 0.393. The highest BCUT2D eigenvalue weighted by atomic mass is 16.5. The lowest BCUT2D eigenvalue weighted by atomic mass is 9.89. The van der Waals surface area contributed by atoms with Crippen molar-refractivity contribution in [2.75, 3.05) is 27.7 Å². The molecule has 1 aliphatic rings. The van der Waals surface area contributed by atoms with Crippen molar-refractivity contribution in [3.8, 4) is 5.75 Å². The Kier molecular flexibility index (Phi) is 3.93. The van der Waals surface area contributed by atoms with E-state index in [0.717, 1.165) is 12.3 Å². The number of rotatable bonds is 6. The van der Waals surface area contributed by atoms with Gasteiger partial charge in [-0.15, -0.1) is 0 Å². The summed E-state index contributed by atoms with van der Waals surface area (Å²) < 4.78 is 5.33. The molecule has 0 saturated heterocycles. The van der Waals surface area contributed by atoms with E-state index in [9.17, 15) is 0 Å². The number of aryl methyl sites for hydroxylation is 1. The second-order valence-corrected chi connectivity index (χ2v) is 5.34. The molecule has 1 atom stereocenters. The van der Waals surface area contributed by atoms with Crippen LogP contribution in [0.2, 0.25) is 0 Å². The van der Waals surface area contributed by atoms with Crippen molar-refractivity contribution in [2.45, 2.75) is 25.8 Å². The molecule has 0 radical (unpaired) electrons. The van der Waals surface area contributed by atoms with Crippen LogP contribution in [-0.2, 0) is 0 Å². The molecular formula is C15H24N2O. The van der Waals surface area contributed by atoms with Gasteiger partial charge in [-0.2, -0.15) is 0 Å². The van der Waals surface area contributed by atoms with Gasteiger partial charge in [-0.25, -0.2) is 0 Å². The summed E-state index contributed by atoms with van der Waals surface area (Å²) in [5.74, 6) is 0.965. The van der Waals surface area contributed by atoms with E-state index in [4.69, 9.17) is 4.74 Å². The monoisotopic (exact) mass is 248 g/mol. The standard InChI is InChI=1S/C15H24N2O/c1-11-9-12(5-6-13(11)18-4)14(17-3)15(7-8-15)10-16-2/h5-6,9,14,16-17H,7-8,10H2,1-4H3. The molecule has 1 unspecified atom stereocenters. The molecule has 1 aromatic carbocycles. The van der Waals surface area contributed by atoms with Gasteiger partial charge in [0.15, 0.2) is 0 Å². The molecule has 0 aromatic heterocycles. The Morgan fingerprint density at radius 1 is 1.33 bits per heavy atom. The van der Waals surface area contributed by atoms with Crippen molar-refractivity contribution in [1.82, 2.24) is 10.6 Å². The zero-order valence-electron chi connectivity index (χ0n) is 11.8. The molecule has 1 aliphatic carbocycles. The molecule has 0 heterocycles. The van der Waals surface area contributed by atoms with E-state index >= 15 is 0 Å². The number of hydrogen-bond donors (Lipinski definition) is 2. The quantitative estimate of drug-likeness (QED) is 0.810. The van der Waals surface area contributed by atoms with Gasteiger partial charge in [0.25, 0.3) is 0 Å². The van der Waals surface area contributed by atoms with Crippen molar-refractivity contribution in [3.63, 3.8) is 0 Å². The first-order chi connectivity index (χ1) is 8.66. The Morgan fingerprint density at radius 3 is 2.50 bits per heavy atom. The molecule has 1 aromatic rings. The van der Waals surface area contributed by atoms with E-state index in [1.54, 1.807) is 7.11 Å². The lowest BCUT2D eigenvalue weighted by molar-refractivity contribution is 0.346. The normalized spacial score (nSPS) is 18.4. The maximum Gasteiger partial charge on any atom is 0.121 e. The first-order valence-corrected chi connectivity index (χ1v) is 6.63. The van der Waals surface area contributed by atoms with Crippen molar-refractivity contribution in [3.05, 3.63) is 29.3 Å². The van der Waals surface area contributed by atoms with E-state index in [2.05, 4.69) is 42.8 Å². The molecule has 3 nitrogen and oxygen atoms in total. The van der Waals surface area contributed by atoms with Crippen LogP contribution in [-0.4, -0.2) is 27.7 Å². The zero-order chi connectivity index (χ0) is 13.2. The predicted octanol–water partition coefficient (Wildman–Crippen LogP) is 2.26. The van der Waals surface area contributed by atoms with Gasteiger partial charge in [-0.3, -0.25) is 0 Å². The highest BCUT2D eigenvalue weighted by Gasteiger charge is 2.48. The Labute approximate surface area is 110 Å². The number of methoxy groups -OCH3 is 1. The van der Waals surface area contributed by atoms with Crippen molar-refractivity contribution in [1.29, 1.82) is 0 Å². The largest absolute Gasteiger partial charge is 0.496 e. The molecule has 100 valence electrons. The Bertz CT molecular complexity index is 413. The van der Waals surface area contributed by atoms with Crippen LogP contribution in [0.1, 0.15) is 30.0 Å². The average Bonchev–Trinajstić information content (AvgIpc) is 3.11. The fourth-order valence-corrected chi connectivity index (χ4v) is 2.99. The third-order valence-corrected chi connectivity index (χ3v) is 4.07. The maximum atomic E-state index is 5.33. The third kappa shape index (κ3) is 2.38. The van der Waals surface area contributed by atoms with Crippen LogP contribution in [0.4, 0.5) is 0 Å². The molecule has 2 rings (SSSR count). The van der Waals surface area contributed by atoms with Gasteiger partial charge in [0.2, 0.25) is 0 Å². The summed E-state index contributed by atoms with van der Waals surface area (Å²) in [5.41, 5.74) is 2.96. The van der Waals surface area contributed by atoms with Crippen LogP contribution in [0.3, 0.4) is 0 Å². The molecular weight excluding hydrogens is 224 g/mol. The van der Waals surface area contributed by atoms with Gasteiger partial charge in [0, 0.05) is 18.0 Å². The second-order valence-electron chi connectivity index (χ2n) is 5.34. The van der Waals surface area contributed by atoms with Crippen molar-refractivity contribution in [2.24, 2.45) is 5.41 Å².